The molecule has 0 aromatic carbocycles. The van der Waals surface area contributed by atoms with Gasteiger partial charge in [0.1, 0.15) is 17.8 Å². The molecule has 11 heteroatoms. The smallest absolute Gasteiger partial charge is 0.422 e. The fourth-order valence-electron chi connectivity index (χ4n) is 4.00. The minimum absolute atomic E-state index is 0.320. The predicted molar refractivity (Wildman–Crippen MR) is 72.1 cm³/mol. The Hall–Kier alpha value is -2.59. The number of esters is 3. The van der Waals surface area contributed by atoms with E-state index >= 15 is 0 Å². The zero-order valence-electron chi connectivity index (χ0n) is 13.0. The summed E-state index contributed by atoms with van der Waals surface area (Å²) >= 11 is 0. The molecule has 142 valence electrons. The summed E-state index contributed by atoms with van der Waals surface area (Å²) in [6, 6.07) is 0. The molecular weight excluding hydrogens is 365 g/mol. The molecule has 2 bridgehead atoms. The van der Waals surface area contributed by atoms with Crippen LogP contribution in [0.5, 0.6) is 0 Å². The van der Waals surface area contributed by atoms with Crippen LogP contribution in [0, 0.1) is 23.7 Å². The molecule has 0 aromatic rings. The number of alkyl halides is 3. The number of hydrogen-bond acceptors (Lipinski definition) is 7. The van der Waals surface area contributed by atoms with Crippen molar-refractivity contribution in [2.45, 2.75) is 24.8 Å². The Kier molecular flexibility index (Phi) is 4.20. The molecule has 1 saturated heterocycles. The van der Waals surface area contributed by atoms with E-state index in [2.05, 4.69) is 11.3 Å². The van der Waals surface area contributed by atoms with Crippen LogP contribution in [0.1, 0.15) is 6.42 Å². The van der Waals surface area contributed by atoms with E-state index in [9.17, 15) is 37.5 Å². The number of carboxylic acids is 1. The third-order valence-electron chi connectivity index (χ3n) is 5.01. The first-order chi connectivity index (χ1) is 12.0. The Morgan fingerprint density at radius 2 is 1.92 bits per heavy atom. The van der Waals surface area contributed by atoms with Crippen LogP contribution in [0.25, 0.3) is 0 Å². The van der Waals surface area contributed by atoms with Crippen molar-refractivity contribution in [3.8, 4) is 0 Å². The molecule has 1 heterocycles. The second-order valence-corrected chi connectivity index (χ2v) is 6.36. The minimum Gasteiger partial charge on any atom is -0.481 e. The number of carboxylic acid groups (broad SMARTS) is 1. The van der Waals surface area contributed by atoms with Crippen molar-refractivity contribution < 1.29 is 51.7 Å². The Morgan fingerprint density at radius 3 is 2.50 bits per heavy atom. The van der Waals surface area contributed by atoms with E-state index in [1.807, 2.05) is 0 Å². The lowest BCUT2D eigenvalue weighted by Crippen LogP contribution is -2.43. The van der Waals surface area contributed by atoms with Gasteiger partial charge < -0.3 is 19.3 Å². The zero-order valence-corrected chi connectivity index (χ0v) is 13.0. The Bertz CT molecular complexity index is 699. The van der Waals surface area contributed by atoms with E-state index in [0.29, 0.717) is 6.42 Å². The third-order valence-corrected chi connectivity index (χ3v) is 5.01. The van der Waals surface area contributed by atoms with E-state index in [-0.39, 0.29) is 5.92 Å². The molecule has 1 aliphatic heterocycles. The van der Waals surface area contributed by atoms with E-state index < -0.39 is 72.2 Å². The highest BCUT2D eigenvalue weighted by molar-refractivity contribution is 5.90. The number of hydrogen-bond donors (Lipinski definition) is 1. The highest BCUT2D eigenvalue weighted by atomic mass is 19.4. The number of fused-ring (bicyclic) bond motifs is 1. The number of ether oxygens (including phenoxy) is 3. The van der Waals surface area contributed by atoms with Crippen LogP contribution in [-0.4, -0.2) is 54.0 Å². The molecule has 0 spiro atoms. The Balaban J connectivity index is 1.60. The molecule has 8 nitrogen and oxygen atoms in total. The maximum atomic E-state index is 12.3. The van der Waals surface area contributed by atoms with Gasteiger partial charge in [-0.2, -0.15) is 13.2 Å². The molecule has 26 heavy (non-hydrogen) atoms. The van der Waals surface area contributed by atoms with Crippen LogP contribution in [0.3, 0.4) is 0 Å². The Labute approximate surface area is 143 Å². The van der Waals surface area contributed by atoms with Crippen molar-refractivity contribution in [1.82, 2.24) is 0 Å². The highest BCUT2D eigenvalue weighted by Crippen LogP contribution is 2.58. The first-order valence-electron chi connectivity index (χ1n) is 7.58. The minimum atomic E-state index is -4.99. The number of aliphatic carboxylic acids is 1. The summed E-state index contributed by atoms with van der Waals surface area (Å²) in [4.78, 5) is 46.2. The summed E-state index contributed by atoms with van der Waals surface area (Å²) in [5, 5.41) is 9.30. The van der Waals surface area contributed by atoms with Crippen LogP contribution in [0.4, 0.5) is 13.2 Å². The first kappa shape index (κ1) is 18.2. The van der Waals surface area contributed by atoms with Crippen molar-refractivity contribution in [2.75, 3.05) is 6.61 Å². The van der Waals surface area contributed by atoms with Gasteiger partial charge in [-0.15, -0.1) is 0 Å². The van der Waals surface area contributed by atoms with Crippen LogP contribution < -0.4 is 0 Å². The predicted octanol–water partition coefficient (Wildman–Crippen LogP) is 0.452. The van der Waals surface area contributed by atoms with E-state index in [4.69, 9.17) is 9.47 Å². The zero-order chi connectivity index (χ0) is 19.4. The van der Waals surface area contributed by atoms with Crippen molar-refractivity contribution in [3.63, 3.8) is 0 Å². The van der Waals surface area contributed by atoms with Gasteiger partial charge in [0, 0.05) is 11.8 Å². The van der Waals surface area contributed by atoms with Crippen LogP contribution >= 0.6 is 0 Å². The number of carbonyl (C=O) groups is 4. The monoisotopic (exact) mass is 378 g/mol. The van der Waals surface area contributed by atoms with Crippen LogP contribution in [0.15, 0.2) is 12.2 Å². The second kappa shape index (κ2) is 5.99. The molecule has 2 saturated carbocycles. The third kappa shape index (κ3) is 2.80. The van der Waals surface area contributed by atoms with Crippen LogP contribution in [0.2, 0.25) is 0 Å². The molecule has 6 atom stereocenters. The van der Waals surface area contributed by atoms with Gasteiger partial charge in [-0.05, 0) is 6.42 Å². The van der Waals surface area contributed by atoms with Gasteiger partial charge in [0.25, 0.3) is 0 Å². The lowest BCUT2D eigenvalue weighted by atomic mass is 9.78. The SMILES string of the molecule is C=C(C(=O)OCC(=O)OC1C2CC3C1OC(=O)C3C2C(=O)O)C(F)(F)F. The number of rotatable bonds is 5. The summed E-state index contributed by atoms with van der Waals surface area (Å²) < 4.78 is 51.2. The fourth-order valence-corrected chi connectivity index (χ4v) is 4.00. The maximum Gasteiger partial charge on any atom is 0.422 e. The van der Waals surface area contributed by atoms with Crippen molar-refractivity contribution in [2.24, 2.45) is 23.7 Å². The summed E-state index contributed by atoms with van der Waals surface area (Å²) in [6.07, 6.45) is -6.51. The maximum absolute atomic E-state index is 12.3. The normalized spacial score (nSPS) is 34.3. The molecule has 2 aliphatic carbocycles. The summed E-state index contributed by atoms with van der Waals surface area (Å²) in [5.74, 6) is -7.76. The van der Waals surface area contributed by atoms with E-state index in [1.165, 1.54) is 0 Å². The highest BCUT2D eigenvalue weighted by Gasteiger charge is 2.69. The first-order valence-corrected chi connectivity index (χ1v) is 7.58. The van der Waals surface area contributed by atoms with E-state index in [0.717, 1.165) is 0 Å². The molecule has 0 amide bonds. The molecule has 6 unspecified atom stereocenters. The van der Waals surface area contributed by atoms with E-state index in [1.54, 1.807) is 0 Å². The van der Waals surface area contributed by atoms with Gasteiger partial charge in [0.05, 0.1) is 11.8 Å². The summed E-state index contributed by atoms with van der Waals surface area (Å²) in [6.45, 7) is 1.42. The van der Waals surface area contributed by atoms with Gasteiger partial charge in [0.15, 0.2) is 6.61 Å². The van der Waals surface area contributed by atoms with Gasteiger partial charge in [-0.1, -0.05) is 6.58 Å². The summed E-state index contributed by atoms with van der Waals surface area (Å²) in [5.41, 5.74) is -1.77. The molecule has 0 aromatic heterocycles. The molecule has 0 radical (unpaired) electrons. The topological polar surface area (TPSA) is 116 Å². The second-order valence-electron chi connectivity index (χ2n) is 6.36. The van der Waals surface area contributed by atoms with Crippen LogP contribution in [-0.2, 0) is 33.4 Å². The summed E-state index contributed by atoms with van der Waals surface area (Å²) in [7, 11) is 0. The van der Waals surface area contributed by atoms with Crippen molar-refractivity contribution in [3.05, 3.63) is 12.2 Å². The number of carbonyl (C=O) groups excluding carboxylic acids is 3. The average molecular weight is 378 g/mol. The lowest BCUT2D eigenvalue weighted by molar-refractivity contribution is -0.172. The van der Waals surface area contributed by atoms with Crippen molar-refractivity contribution >= 4 is 23.9 Å². The molecule has 3 rings (SSSR count). The Morgan fingerprint density at radius 1 is 1.27 bits per heavy atom. The molecule has 1 N–H and O–H groups in total. The molecule has 3 fully saturated rings. The quantitative estimate of drug-likeness (QED) is 0.417. The van der Waals surface area contributed by atoms with Crippen molar-refractivity contribution in [1.29, 1.82) is 0 Å². The standard InChI is InChI=1S/C15H13F3O8/c1-4(15(16,17)18)13(22)24-3-7(19)25-10-5-2-6-9(8(5)12(20)21)14(23)26-11(6)10/h5-6,8-11H,1-3H2,(H,20,21). The average Bonchev–Trinajstić information content (AvgIpc) is 3.14. The van der Waals surface area contributed by atoms with Gasteiger partial charge in [-0.3, -0.25) is 9.59 Å². The number of halogens is 3. The molecular formula is C15H13F3O8. The fraction of sp³-hybridized carbons (Fsp3) is 0.600. The van der Waals surface area contributed by atoms with Gasteiger partial charge in [-0.25, -0.2) is 9.59 Å². The molecule has 3 aliphatic rings. The van der Waals surface area contributed by atoms with Gasteiger partial charge in [0.2, 0.25) is 0 Å². The van der Waals surface area contributed by atoms with Gasteiger partial charge >= 0.3 is 30.1 Å². The largest absolute Gasteiger partial charge is 0.481 e. The lowest BCUT2D eigenvalue weighted by Gasteiger charge is -2.29.